The number of carbonyl (C=O) groups is 2. The molecule has 1 aromatic carbocycles. The van der Waals surface area contributed by atoms with Crippen LogP contribution in [0.3, 0.4) is 0 Å². The van der Waals surface area contributed by atoms with Crippen LogP contribution in [0.4, 0.5) is 5.69 Å². The predicted octanol–water partition coefficient (Wildman–Crippen LogP) is 2.45. The topological polar surface area (TPSA) is 98.5 Å². The molecule has 124 valence electrons. The zero-order chi connectivity index (χ0) is 16.8. The molecule has 23 heavy (non-hydrogen) atoms. The van der Waals surface area contributed by atoms with Crippen molar-refractivity contribution in [1.29, 1.82) is 0 Å². The van der Waals surface area contributed by atoms with Gasteiger partial charge in [0.2, 0.25) is 0 Å². The molecule has 7 heteroatoms. The molecule has 1 aromatic rings. The van der Waals surface area contributed by atoms with Crippen molar-refractivity contribution in [1.82, 2.24) is 5.32 Å². The number of nitrogens with zero attached hydrogens (tertiary/aromatic N) is 1. The molecule has 0 unspecified atom stereocenters. The number of ether oxygens (including phenoxy) is 1. The minimum atomic E-state index is -0.871. The van der Waals surface area contributed by atoms with Gasteiger partial charge in [-0.15, -0.1) is 0 Å². The lowest BCUT2D eigenvalue weighted by Gasteiger charge is -2.26. The first-order valence-corrected chi connectivity index (χ1v) is 7.67. The predicted molar refractivity (Wildman–Crippen MR) is 82.9 cm³/mol. The molecule has 0 saturated heterocycles. The molecule has 0 atom stereocenters. The number of nitro groups is 1. The molecule has 1 aliphatic carbocycles. The van der Waals surface area contributed by atoms with Gasteiger partial charge >= 0.3 is 5.97 Å². The number of nitrogens with one attached hydrogen (secondary N) is 1. The molecule has 0 heterocycles. The van der Waals surface area contributed by atoms with E-state index in [9.17, 15) is 19.7 Å². The van der Waals surface area contributed by atoms with Gasteiger partial charge in [0.05, 0.1) is 4.92 Å². The second kappa shape index (κ2) is 7.71. The Hall–Kier alpha value is -2.44. The van der Waals surface area contributed by atoms with Gasteiger partial charge in [0.1, 0.15) is 5.56 Å². The Morgan fingerprint density at radius 3 is 2.57 bits per heavy atom. The van der Waals surface area contributed by atoms with Gasteiger partial charge in [-0.05, 0) is 37.7 Å². The van der Waals surface area contributed by atoms with Gasteiger partial charge < -0.3 is 10.1 Å². The summed E-state index contributed by atoms with van der Waals surface area (Å²) in [6.07, 6.45) is 3.98. The molecule has 0 spiro atoms. The van der Waals surface area contributed by atoms with Gasteiger partial charge in [0, 0.05) is 12.1 Å². The largest absolute Gasteiger partial charge is 0.452 e. The minimum Gasteiger partial charge on any atom is -0.452 e. The summed E-state index contributed by atoms with van der Waals surface area (Å²) in [5.41, 5.74) is -0.490. The fraction of sp³-hybridized carbons (Fsp3) is 0.500. The minimum absolute atomic E-state index is 0.114. The molecular weight excluding hydrogens is 300 g/mol. The maximum absolute atomic E-state index is 11.9. The molecule has 0 aromatic heterocycles. The number of rotatable bonds is 5. The van der Waals surface area contributed by atoms with Crippen molar-refractivity contribution < 1.29 is 19.2 Å². The number of hydrogen-bond acceptors (Lipinski definition) is 5. The molecule has 1 saturated carbocycles. The van der Waals surface area contributed by atoms with E-state index in [1.165, 1.54) is 24.3 Å². The Labute approximate surface area is 134 Å². The molecule has 1 N–H and O–H groups in total. The van der Waals surface area contributed by atoms with Gasteiger partial charge in [-0.3, -0.25) is 14.9 Å². The van der Waals surface area contributed by atoms with Crippen molar-refractivity contribution in [3.8, 4) is 0 Å². The van der Waals surface area contributed by atoms with Crippen LogP contribution in [-0.4, -0.2) is 29.4 Å². The van der Waals surface area contributed by atoms with Gasteiger partial charge in [-0.2, -0.15) is 0 Å². The van der Waals surface area contributed by atoms with E-state index in [1.807, 2.05) is 0 Å². The highest BCUT2D eigenvalue weighted by Crippen LogP contribution is 2.23. The second-order valence-electron chi connectivity index (χ2n) is 5.87. The summed E-state index contributed by atoms with van der Waals surface area (Å²) in [5.74, 6) is -0.569. The van der Waals surface area contributed by atoms with Crippen molar-refractivity contribution in [3.63, 3.8) is 0 Å². The quantitative estimate of drug-likeness (QED) is 0.510. The fourth-order valence-corrected chi connectivity index (χ4v) is 2.69. The smallest absolute Gasteiger partial charge is 0.345 e. The van der Waals surface area contributed by atoms with Crippen LogP contribution in [0.15, 0.2) is 24.3 Å². The Balaban J connectivity index is 1.84. The highest BCUT2D eigenvalue weighted by Gasteiger charge is 2.23. The Morgan fingerprint density at radius 1 is 1.26 bits per heavy atom. The number of amides is 1. The monoisotopic (exact) mass is 320 g/mol. The van der Waals surface area contributed by atoms with Crippen molar-refractivity contribution in [2.75, 3.05) is 6.61 Å². The van der Waals surface area contributed by atoms with Crippen LogP contribution in [-0.2, 0) is 9.53 Å². The van der Waals surface area contributed by atoms with E-state index in [2.05, 4.69) is 12.2 Å². The Kier molecular flexibility index (Phi) is 5.67. The van der Waals surface area contributed by atoms with Crippen molar-refractivity contribution in [2.45, 2.75) is 38.6 Å². The van der Waals surface area contributed by atoms with E-state index in [-0.39, 0.29) is 23.2 Å². The van der Waals surface area contributed by atoms with Crippen molar-refractivity contribution in [2.24, 2.45) is 5.92 Å². The summed E-state index contributed by atoms with van der Waals surface area (Å²) in [6.45, 7) is 1.75. The first-order chi connectivity index (χ1) is 11.0. The highest BCUT2D eigenvalue weighted by atomic mass is 16.6. The SMILES string of the molecule is CC1CCC(NC(=O)COC(=O)c2ccccc2[N+](=O)[O-])CC1. The third kappa shape index (κ3) is 4.77. The van der Waals surface area contributed by atoms with E-state index in [4.69, 9.17) is 4.74 Å². The van der Waals surface area contributed by atoms with Crippen LogP contribution in [0.2, 0.25) is 0 Å². The van der Waals surface area contributed by atoms with E-state index >= 15 is 0 Å². The number of para-hydroxylation sites is 1. The molecule has 1 amide bonds. The summed E-state index contributed by atoms with van der Waals surface area (Å²) in [7, 11) is 0. The van der Waals surface area contributed by atoms with E-state index in [1.54, 1.807) is 0 Å². The third-order valence-corrected chi connectivity index (χ3v) is 4.04. The molecule has 1 fully saturated rings. The normalized spacial score (nSPS) is 20.6. The van der Waals surface area contributed by atoms with Gasteiger partial charge in [-0.25, -0.2) is 4.79 Å². The summed E-state index contributed by atoms with van der Waals surface area (Å²) < 4.78 is 4.89. The molecule has 1 aliphatic rings. The molecule has 0 bridgehead atoms. The van der Waals surface area contributed by atoms with Crippen LogP contribution in [0.1, 0.15) is 43.0 Å². The molecule has 2 rings (SSSR count). The molecular formula is C16H20N2O5. The molecule has 0 radical (unpaired) electrons. The number of esters is 1. The van der Waals surface area contributed by atoms with Crippen LogP contribution in [0.25, 0.3) is 0 Å². The lowest BCUT2D eigenvalue weighted by atomic mass is 9.87. The zero-order valence-electron chi connectivity index (χ0n) is 13.0. The number of hydrogen-bond donors (Lipinski definition) is 1. The van der Waals surface area contributed by atoms with Crippen LogP contribution >= 0.6 is 0 Å². The maximum Gasteiger partial charge on any atom is 0.345 e. The zero-order valence-corrected chi connectivity index (χ0v) is 13.0. The number of benzene rings is 1. The Bertz CT molecular complexity index is 594. The van der Waals surface area contributed by atoms with Crippen LogP contribution in [0, 0.1) is 16.0 Å². The summed E-state index contributed by atoms with van der Waals surface area (Å²) in [4.78, 5) is 33.9. The highest BCUT2D eigenvalue weighted by molar-refractivity contribution is 5.95. The summed E-state index contributed by atoms with van der Waals surface area (Å²) >= 11 is 0. The average molecular weight is 320 g/mol. The lowest BCUT2D eigenvalue weighted by molar-refractivity contribution is -0.385. The van der Waals surface area contributed by atoms with Gasteiger partial charge in [-0.1, -0.05) is 19.1 Å². The van der Waals surface area contributed by atoms with Gasteiger partial charge in [0.15, 0.2) is 6.61 Å². The van der Waals surface area contributed by atoms with Crippen molar-refractivity contribution in [3.05, 3.63) is 39.9 Å². The lowest BCUT2D eigenvalue weighted by Crippen LogP contribution is -2.39. The first-order valence-electron chi connectivity index (χ1n) is 7.67. The van der Waals surface area contributed by atoms with E-state index in [0.717, 1.165) is 25.7 Å². The molecule has 7 nitrogen and oxygen atoms in total. The number of carbonyl (C=O) groups excluding carboxylic acids is 2. The number of nitro benzene ring substituents is 1. The summed E-state index contributed by atoms with van der Waals surface area (Å²) in [5, 5.41) is 13.7. The van der Waals surface area contributed by atoms with Crippen LogP contribution in [0.5, 0.6) is 0 Å². The second-order valence-corrected chi connectivity index (χ2v) is 5.87. The van der Waals surface area contributed by atoms with E-state index in [0.29, 0.717) is 5.92 Å². The van der Waals surface area contributed by atoms with Crippen LogP contribution < -0.4 is 5.32 Å². The third-order valence-electron chi connectivity index (χ3n) is 4.04. The fourth-order valence-electron chi connectivity index (χ4n) is 2.69. The van der Waals surface area contributed by atoms with E-state index < -0.39 is 17.5 Å². The Morgan fingerprint density at radius 2 is 1.91 bits per heavy atom. The summed E-state index contributed by atoms with van der Waals surface area (Å²) in [6, 6.07) is 5.61. The standard InChI is InChI=1S/C16H20N2O5/c1-11-6-8-12(9-7-11)17-15(19)10-23-16(20)13-4-2-3-5-14(13)18(21)22/h2-5,11-12H,6-10H2,1H3,(H,17,19). The van der Waals surface area contributed by atoms with Gasteiger partial charge in [0.25, 0.3) is 11.6 Å². The first kappa shape index (κ1) is 16.9. The average Bonchev–Trinajstić information content (AvgIpc) is 2.54. The molecule has 0 aliphatic heterocycles. The maximum atomic E-state index is 11.9. The van der Waals surface area contributed by atoms with Crippen molar-refractivity contribution >= 4 is 17.6 Å².